The lowest BCUT2D eigenvalue weighted by Crippen LogP contribution is -2.03. The van der Waals surface area contributed by atoms with Crippen LogP contribution in [0.2, 0.25) is 0 Å². The molecule has 0 saturated heterocycles. The number of aryl methyl sites for hydroxylation is 1. The summed E-state index contributed by atoms with van der Waals surface area (Å²) in [5.41, 5.74) is 4.91. The first kappa shape index (κ1) is 15.5. The molecule has 1 aromatic carbocycles. The van der Waals surface area contributed by atoms with Gasteiger partial charge in [-0.05, 0) is 50.0 Å². The number of hydrogen-bond donors (Lipinski definition) is 3. The zero-order chi connectivity index (χ0) is 17.6. The van der Waals surface area contributed by atoms with Crippen LogP contribution in [0.25, 0.3) is 11.6 Å². The molecule has 0 spiro atoms. The number of aromatic amines is 1. The van der Waals surface area contributed by atoms with Gasteiger partial charge < -0.3 is 20.1 Å². The Kier molecular flexibility index (Phi) is 3.60. The molecule has 2 heterocycles. The Labute approximate surface area is 144 Å². The van der Waals surface area contributed by atoms with Crippen LogP contribution in [0.1, 0.15) is 45.7 Å². The van der Waals surface area contributed by atoms with Crippen LogP contribution in [-0.4, -0.2) is 29.1 Å². The lowest BCUT2D eigenvalue weighted by molar-refractivity contribution is -0.110. The van der Waals surface area contributed by atoms with E-state index in [-0.39, 0.29) is 11.5 Å². The van der Waals surface area contributed by atoms with E-state index in [1.807, 2.05) is 0 Å². The number of nitrogens with one attached hydrogen (secondary N) is 2. The Balaban J connectivity index is 1.83. The first-order chi connectivity index (χ1) is 12.1. The van der Waals surface area contributed by atoms with Crippen LogP contribution in [0.5, 0.6) is 5.75 Å². The van der Waals surface area contributed by atoms with Crippen LogP contribution in [0.15, 0.2) is 18.2 Å². The molecular formula is C19H18N2O4. The summed E-state index contributed by atoms with van der Waals surface area (Å²) in [7, 11) is 1.63. The Morgan fingerprint density at radius 3 is 2.84 bits per heavy atom. The molecule has 1 aromatic heterocycles. The highest BCUT2D eigenvalue weighted by atomic mass is 16.5. The van der Waals surface area contributed by atoms with Gasteiger partial charge in [0, 0.05) is 22.5 Å². The molecule has 4 rings (SSSR count). The molecule has 1 aliphatic heterocycles. The highest BCUT2D eigenvalue weighted by Gasteiger charge is 2.27. The number of anilines is 1. The van der Waals surface area contributed by atoms with Crippen LogP contribution in [0, 0.1) is 0 Å². The van der Waals surface area contributed by atoms with Crippen molar-refractivity contribution in [1.82, 2.24) is 4.98 Å². The number of fused-ring (bicyclic) bond motifs is 2. The Morgan fingerprint density at radius 2 is 2.08 bits per heavy atom. The summed E-state index contributed by atoms with van der Waals surface area (Å²) in [4.78, 5) is 27.0. The number of amides is 1. The molecule has 0 fully saturated rings. The molecule has 2 aliphatic rings. The minimum Gasteiger partial charge on any atom is -0.494 e. The van der Waals surface area contributed by atoms with Crippen LogP contribution >= 0.6 is 0 Å². The van der Waals surface area contributed by atoms with E-state index in [0.29, 0.717) is 16.8 Å². The molecule has 0 unspecified atom stereocenters. The summed E-state index contributed by atoms with van der Waals surface area (Å²) in [6, 6.07) is 4.63. The number of carbonyl (C=O) groups excluding carboxylic acids is 1. The molecule has 0 bridgehead atoms. The van der Waals surface area contributed by atoms with E-state index < -0.39 is 5.97 Å². The minimum absolute atomic E-state index is 0.152. The fourth-order valence-electron chi connectivity index (χ4n) is 3.62. The van der Waals surface area contributed by atoms with E-state index in [1.165, 1.54) is 17.7 Å². The van der Waals surface area contributed by atoms with Crippen molar-refractivity contribution < 1.29 is 19.4 Å². The molecule has 25 heavy (non-hydrogen) atoms. The lowest BCUT2D eigenvalue weighted by Gasteiger charge is -2.11. The summed E-state index contributed by atoms with van der Waals surface area (Å²) in [6.45, 7) is 0. The summed E-state index contributed by atoms with van der Waals surface area (Å²) in [5.74, 6) is -0.487. The maximum absolute atomic E-state index is 12.4. The van der Waals surface area contributed by atoms with E-state index in [2.05, 4.69) is 10.3 Å². The zero-order valence-electron chi connectivity index (χ0n) is 13.8. The van der Waals surface area contributed by atoms with Gasteiger partial charge in [0.2, 0.25) is 0 Å². The number of aromatic carboxylic acids is 1. The monoisotopic (exact) mass is 338 g/mol. The van der Waals surface area contributed by atoms with Crippen molar-refractivity contribution in [2.24, 2.45) is 0 Å². The smallest absolute Gasteiger partial charge is 0.335 e. The van der Waals surface area contributed by atoms with Crippen molar-refractivity contribution in [2.75, 3.05) is 12.4 Å². The number of aromatic nitrogens is 1. The Morgan fingerprint density at radius 1 is 1.28 bits per heavy atom. The second kappa shape index (κ2) is 5.81. The first-order valence-corrected chi connectivity index (χ1v) is 8.27. The number of hydrogen-bond acceptors (Lipinski definition) is 3. The number of rotatable bonds is 3. The average Bonchev–Trinajstić information content (AvgIpc) is 3.11. The van der Waals surface area contributed by atoms with Crippen molar-refractivity contribution in [1.29, 1.82) is 0 Å². The summed E-state index contributed by atoms with van der Waals surface area (Å²) in [6.07, 6.45) is 5.95. The Hall–Kier alpha value is -3.02. The third kappa shape index (κ3) is 2.50. The van der Waals surface area contributed by atoms with E-state index >= 15 is 0 Å². The summed E-state index contributed by atoms with van der Waals surface area (Å²) in [5, 5.41) is 12.0. The molecule has 6 heteroatoms. The van der Waals surface area contributed by atoms with Gasteiger partial charge in [-0.3, -0.25) is 4.79 Å². The fourth-order valence-corrected chi connectivity index (χ4v) is 3.62. The van der Waals surface area contributed by atoms with Gasteiger partial charge >= 0.3 is 5.97 Å². The van der Waals surface area contributed by atoms with Gasteiger partial charge in [-0.1, -0.05) is 0 Å². The van der Waals surface area contributed by atoms with Crippen molar-refractivity contribution in [3.8, 4) is 5.75 Å². The van der Waals surface area contributed by atoms with Gasteiger partial charge in [-0.25, -0.2) is 4.79 Å². The van der Waals surface area contributed by atoms with Crippen LogP contribution in [0.4, 0.5) is 5.69 Å². The van der Waals surface area contributed by atoms with Gasteiger partial charge in [-0.2, -0.15) is 0 Å². The van der Waals surface area contributed by atoms with Gasteiger partial charge in [0.25, 0.3) is 5.91 Å². The number of carboxylic acids is 1. The maximum atomic E-state index is 12.4. The molecule has 0 radical (unpaired) electrons. The number of carbonyl (C=O) groups is 2. The Bertz CT molecular complexity index is 924. The largest absolute Gasteiger partial charge is 0.494 e. The van der Waals surface area contributed by atoms with Crippen molar-refractivity contribution in [3.63, 3.8) is 0 Å². The topological polar surface area (TPSA) is 91.4 Å². The summed E-state index contributed by atoms with van der Waals surface area (Å²) >= 11 is 0. The minimum atomic E-state index is -1.02. The summed E-state index contributed by atoms with van der Waals surface area (Å²) < 4.78 is 5.58. The second-order valence-electron chi connectivity index (χ2n) is 6.31. The average molecular weight is 338 g/mol. The van der Waals surface area contributed by atoms with Gasteiger partial charge in [0.05, 0.1) is 23.9 Å². The van der Waals surface area contributed by atoms with E-state index in [0.717, 1.165) is 42.8 Å². The van der Waals surface area contributed by atoms with Crippen molar-refractivity contribution in [2.45, 2.75) is 25.7 Å². The molecule has 128 valence electrons. The number of carboxylic acid groups (broad SMARTS) is 1. The van der Waals surface area contributed by atoms with Crippen LogP contribution < -0.4 is 10.1 Å². The molecule has 1 amide bonds. The molecule has 2 aromatic rings. The van der Waals surface area contributed by atoms with E-state index in [1.54, 1.807) is 19.3 Å². The quantitative estimate of drug-likeness (QED) is 0.750. The van der Waals surface area contributed by atoms with Crippen molar-refractivity contribution >= 4 is 29.2 Å². The number of ether oxygens (including phenoxy) is 1. The molecule has 0 atom stereocenters. The van der Waals surface area contributed by atoms with Gasteiger partial charge in [-0.15, -0.1) is 0 Å². The first-order valence-electron chi connectivity index (χ1n) is 8.27. The third-order valence-corrected chi connectivity index (χ3v) is 4.81. The van der Waals surface area contributed by atoms with Gasteiger partial charge in [0.1, 0.15) is 5.75 Å². The molecular weight excluding hydrogens is 320 g/mol. The molecule has 6 nitrogen and oxygen atoms in total. The molecule has 0 saturated carbocycles. The van der Waals surface area contributed by atoms with E-state index in [4.69, 9.17) is 4.74 Å². The highest BCUT2D eigenvalue weighted by molar-refractivity contribution is 6.35. The standard InChI is InChI=1S/C19H18N2O4/c1-25-17-11-4-2-3-5-14(11)20-16(17)9-13-12-8-10(19(23)24)6-7-15(12)21-18(13)22/h6-9,20H,2-5H2,1H3,(H,21,22)(H,23,24). The number of benzene rings is 1. The molecule has 1 aliphatic carbocycles. The highest BCUT2D eigenvalue weighted by Crippen LogP contribution is 2.38. The normalized spacial score (nSPS) is 17.2. The van der Waals surface area contributed by atoms with E-state index in [9.17, 15) is 14.7 Å². The van der Waals surface area contributed by atoms with Crippen LogP contribution in [0.3, 0.4) is 0 Å². The zero-order valence-corrected chi connectivity index (χ0v) is 13.8. The van der Waals surface area contributed by atoms with Crippen LogP contribution in [-0.2, 0) is 17.6 Å². The number of H-pyrrole nitrogens is 1. The predicted molar refractivity (Wildman–Crippen MR) is 93.9 cm³/mol. The van der Waals surface area contributed by atoms with Crippen molar-refractivity contribution in [3.05, 3.63) is 46.3 Å². The third-order valence-electron chi connectivity index (χ3n) is 4.81. The predicted octanol–water partition coefficient (Wildman–Crippen LogP) is 3.09. The SMILES string of the molecule is COc1c(C=C2C(=O)Nc3ccc(C(=O)O)cc32)[nH]c2c1CCCC2. The van der Waals surface area contributed by atoms with Gasteiger partial charge in [0.15, 0.2) is 0 Å². The fraction of sp³-hybridized carbons (Fsp3) is 0.263. The maximum Gasteiger partial charge on any atom is 0.335 e. The second-order valence-corrected chi connectivity index (χ2v) is 6.31. The molecule has 3 N–H and O–H groups in total. The number of methoxy groups -OCH3 is 1. The lowest BCUT2D eigenvalue weighted by atomic mass is 9.97.